The van der Waals surface area contributed by atoms with Gasteiger partial charge in [0.1, 0.15) is 16.8 Å². The van der Waals surface area contributed by atoms with E-state index in [1.807, 2.05) is 24.3 Å². The van der Waals surface area contributed by atoms with Gasteiger partial charge in [-0.2, -0.15) is 0 Å². The minimum absolute atomic E-state index is 0.128. The van der Waals surface area contributed by atoms with Crippen molar-refractivity contribution in [3.05, 3.63) is 81.2 Å². The zero-order valence-electron chi connectivity index (χ0n) is 18.7. The SMILES string of the molecule is CC(C(=O)O)c1c(Cl)nc(Cc2ccc(N(C)C(=O)c3ccc(Cl)cc3)cc2)nc1N(C)C. The van der Waals surface area contributed by atoms with Crippen LogP contribution < -0.4 is 9.80 Å². The highest BCUT2D eigenvalue weighted by Gasteiger charge is 2.25. The smallest absolute Gasteiger partial charge is 0.310 e. The van der Waals surface area contributed by atoms with Crippen LogP contribution in [0.1, 0.15) is 40.2 Å². The normalized spacial score (nSPS) is 11.7. The summed E-state index contributed by atoms with van der Waals surface area (Å²) in [6, 6.07) is 14.2. The maximum absolute atomic E-state index is 12.7. The van der Waals surface area contributed by atoms with Crippen LogP contribution in [0.3, 0.4) is 0 Å². The minimum atomic E-state index is -0.996. The van der Waals surface area contributed by atoms with E-state index in [9.17, 15) is 14.7 Å². The van der Waals surface area contributed by atoms with E-state index in [4.69, 9.17) is 23.2 Å². The van der Waals surface area contributed by atoms with Crippen molar-refractivity contribution in [1.29, 1.82) is 0 Å². The number of carboxylic acid groups (broad SMARTS) is 1. The molecule has 0 fully saturated rings. The number of rotatable bonds is 7. The number of amides is 1. The number of carbonyl (C=O) groups excluding carboxylic acids is 1. The van der Waals surface area contributed by atoms with Gasteiger partial charge < -0.3 is 14.9 Å². The topological polar surface area (TPSA) is 86.6 Å². The average molecular weight is 487 g/mol. The lowest BCUT2D eigenvalue weighted by atomic mass is 10.0. The van der Waals surface area contributed by atoms with E-state index in [1.165, 1.54) is 0 Å². The highest BCUT2D eigenvalue weighted by molar-refractivity contribution is 6.31. The molecule has 0 aliphatic rings. The highest BCUT2D eigenvalue weighted by atomic mass is 35.5. The first kappa shape index (κ1) is 24.5. The summed E-state index contributed by atoms with van der Waals surface area (Å²) in [7, 11) is 5.27. The second-order valence-electron chi connectivity index (χ2n) is 7.84. The molecule has 1 unspecified atom stereocenters. The van der Waals surface area contributed by atoms with Gasteiger partial charge in [0.15, 0.2) is 0 Å². The molecule has 2 aromatic carbocycles. The van der Waals surface area contributed by atoms with Crippen LogP contribution in [-0.2, 0) is 11.2 Å². The van der Waals surface area contributed by atoms with Gasteiger partial charge in [0.25, 0.3) is 5.91 Å². The van der Waals surface area contributed by atoms with Crippen LogP contribution in [0.25, 0.3) is 0 Å². The number of carboxylic acids is 1. The van der Waals surface area contributed by atoms with Gasteiger partial charge in [-0.3, -0.25) is 9.59 Å². The second-order valence-corrected chi connectivity index (χ2v) is 8.63. The Morgan fingerprint density at radius 2 is 1.58 bits per heavy atom. The van der Waals surface area contributed by atoms with Gasteiger partial charge in [-0.15, -0.1) is 0 Å². The number of anilines is 2. The van der Waals surface area contributed by atoms with Crippen molar-refractivity contribution in [1.82, 2.24) is 9.97 Å². The predicted molar refractivity (Wildman–Crippen MR) is 131 cm³/mol. The Bertz CT molecular complexity index is 1170. The van der Waals surface area contributed by atoms with E-state index in [0.717, 1.165) is 11.3 Å². The number of carbonyl (C=O) groups is 2. The standard InChI is InChI=1S/C24H24Cl2N4O3/c1-14(24(32)33)20-21(26)27-19(28-22(20)29(2)3)13-15-5-11-18(12-6-15)30(4)23(31)16-7-9-17(25)10-8-16/h5-12,14H,13H2,1-4H3,(H,32,33). The van der Waals surface area contributed by atoms with E-state index in [-0.39, 0.29) is 11.1 Å². The Morgan fingerprint density at radius 3 is 2.12 bits per heavy atom. The summed E-state index contributed by atoms with van der Waals surface area (Å²) in [4.78, 5) is 36.4. The molecule has 1 atom stereocenters. The lowest BCUT2D eigenvalue weighted by Crippen LogP contribution is -2.26. The number of benzene rings is 2. The molecule has 0 saturated heterocycles. The summed E-state index contributed by atoms with van der Waals surface area (Å²) in [6.45, 7) is 1.56. The van der Waals surface area contributed by atoms with Crippen molar-refractivity contribution in [2.45, 2.75) is 19.3 Å². The first-order valence-corrected chi connectivity index (χ1v) is 10.9. The van der Waals surface area contributed by atoms with Gasteiger partial charge >= 0.3 is 5.97 Å². The monoisotopic (exact) mass is 486 g/mol. The molecule has 1 heterocycles. The predicted octanol–water partition coefficient (Wildman–Crippen LogP) is 4.90. The van der Waals surface area contributed by atoms with Crippen LogP contribution in [0.2, 0.25) is 10.2 Å². The van der Waals surface area contributed by atoms with Crippen LogP contribution in [0, 0.1) is 0 Å². The zero-order chi connectivity index (χ0) is 24.3. The number of halogens is 2. The van der Waals surface area contributed by atoms with Crippen LogP contribution in [-0.4, -0.2) is 48.1 Å². The van der Waals surface area contributed by atoms with Gasteiger partial charge in [0, 0.05) is 49.4 Å². The molecule has 33 heavy (non-hydrogen) atoms. The molecular weight excluding hydrogens is 463 g/mol. The van der Waals surface area contributed by atoms with Crippen molar-refractivity contribution in [3.8, 4) is 0 Å². The molecule has 0 bridgehead atoms. The van der Waals surface area contributed by atoms with Crippen LogP contribution in [0.4, 0.5) is 11.5 Å². The molecule has 0 spiro atoms. The molecule has 0 radical (unpaired) electrons. The van der Waals surface area contributed by atoms with Crippen molar-refractivity contribution in [2.24, 2.45) is 0 Å². The second kappa shape index (κ2) is 10.2. The Kier molecular flexibility index (Phi) is 7.56. The first-order valence-electron chi connectivity index (χ1n) is 10.2. The maximum atomic E-state index is 12.7. The number of hydrogen-bond donors (Lipinski definition) is 1. The fourth-order valence-corrected chi connectivity index (χ4v) is 3.78. The Hall–Kier alpha value is -3.16. The van der Waals surface area contributed by atoms with Crippen LogP contribution in [0.5, 0.6) is 0 Å². The van der Waals surface area contributed by atoms with Crippen LogP contribution in [0.15, 0.2) is 48.5 Å². The third kappa shape index (κ3) is 5.61. The number of aliphatic carboxylic acids is 1. The van der Waals surface area contributed by atoms with Gasteiger partial charge in [0.2, 0.25) is 0 Å². The Morgan fingerprint density at radius 1 is 0.970 bits per heavy atom. The lowest BCUT2D eigenvalue weighted by molar-refractivity contribution is -0.138. The number of aromatic nitrogens is 2. The minimum Gasteiger partial charge on any atom is -0.481 e. The molecule has 1 aromatic heterocycles. The molecule has 3 aromatic rings. The summed E-state index contributed by atoms with van der Waals surface area (Å²) in [5, 5.41) is 10.1. The van der Waals surface area contributed by atoms with Crippen LogP contribution >= 0.6 is 23.2 Å². The molecule has 1 N–H and O–H groups in total. The third-order valence-corrected chi connectivity index (χ3v) is 5.77. The average Bonchev–Trinajstić information content (AvgIpc) is 2.78. The number of hydrogen-bond acceptors (Lipinski definition) is 5. The van der Waals surface area contributed by atoms with Gasteiger partial charge in [-0.05, 0) is 48.9 Å². The van der Waals surface area contributed by atoms with E-state index in [2.05, 4.69) is 9.97 Å². The van der Waals surface area contributed by atoms with Crippen molar-refractivity contribution >= 4 is 46.6 Å². The molecule has 0 saturated carbocycles. The largest absolute Gasteiger partial charge is 0.481 e. The van der Waals surface area contributed by atoms with Crippen molar-refractivity contribution in [3.63, 3.8) is 0 Å². The van der Waals surface area contributed by atoms with Crippen molar-refractivity contribution in [2.75, 3.05) is 30.9 Å². The highest BCUT2D eigenvalue weighted by Crippen LogP contribution is 2.31. The lowest BCUT2D eigenvalue weighted by Gasteiger charge is -2.20. The van der Waals surface area contributed by atoms with E-state index in [0.29, 0.717) is 34.2 Å². The fraction of sp³-hybridized carbons (Fsp3) is 0.250. The molecule has 0 aliphatic heterocycles. The molecular formula is C24H24Cl2N4O3. The Labute approximate surface area is 202 Å². The fourth-order valence-electron chi connectivity index (χ4n) is 3.31. The molecule has 9 heteroatoms. The molecule has 3 rings (SSSR count). The molecule has 172 valence electrons. The quantitative estimate of drug-likeness (QED) is 0.477. The van der Waals surface area contributed by atoms with E-state index < -0.39 is 11.9 Å². The summed E-state index contributed by atoms with van der Waals surface area (Å²) < 4.78 is 0. The number of nitrogens with zero attached hydrogens (tertiary/aromatic N) is 4. The van der Waals surface area contributed by atoms with Gasteiger partial charge in [-0.1, -0.05) is 35.3 Å². The third-order valence-electron chi connectivity index (χ3n) is 5.23. The molecule has 7 nitrogen and oxygen atoms in total. The van der Waals surface area contributed by atoms with Gasteiger partial charge in [0.05, 0.1) is 5.92 Å². The van der Waals surface area contributed by atoms with E-state index >= 15 is 0 Å². The molecule has 1 amide bonds. The Balaban J connectivity index is 1.81. The molecule has 0 aliphatic carbocycles. The maximum Gasteiger partial charge on any atom is 0.310 e. The summed E-state index contributed by atoms with van der Waals surface area (Å²) in [5.74, 6) is -1.03. The summed E-state index contributed by atoms with van der Waals surface area (Å²) in [5.41, 5.74) is 2.58. The summed E-state index contributed by atoms with van der Waals surface area (Å²) in [6.07, 6.45) is 0.400. The summed E-state index contributed by atoms with van der Waals surface area (Å²) >= 11 is 12.3. The van der Waals surface area contributed by atoms with E-state index in [1.54, 1.807) is 62.1 Å². The zero-order valence-corrected chi connectivity index (χ0v) is 20.2. The first-order chi connectivity index (χ1) is 15.6. The van der Waals surface area contributed by atoms with Crippen molar-refractivity contribution < 1.29 is 14.7 Å². The van der Waals surface area contributed by atoms with Gasteiger partial charge in [-0.25, -0.2) is 9.97 Å².